The number of ether oxygens (including phenoxy) is 1. The van der Waals surface area contributed by atoms with Crippen LogP contribution in [0.1, 0.15) is 17.7 Å². The third-order valence-corrected chi connectivity index (χ3v) is 4.47. The molecule has 0 saturated heterocycles. The number of hydrogen-bond donors (Lipinski definition) is 1. The highest BCUT2D eigenvalue weighted by Crippen LogP contribution is 2.27. The number of hydrogen-bond acceptors (Lipinski definition) is 6. The van der Waals surface area contributed by atoms with E-state index in [9.17, 15) is 5.26 Å². The quantitative estimate of drug-likeness (QED) is 0.510. The van der Waals surface area contributed by atoms with Crippen molar-refractivity contribution in [3.8, 4) is 23.3 Å². The van der Waals surface area contributed by atoms with E-state index in [-0.39, 0.29) is 5.69 Å². The average Bonchev–Trinajstić information content (AvgIpc) is 3.14. The summed E-state index contributed by atoms with van der Waals surface area (Å²) in [6.45, 7) is 2.11. The van der Waals surface area contributed by atoms with Gasteiger partial charge in [0.2, 0.25) is 17.5 Å². The fourth-order valence-electron chi connectivity index (χ4n) is 2.68. The number of benzene rings is 2. The van der Waals surface area contributed by atoms with Crippen LogP contribution < -0.4 is 10.1 Å². The van der Waals surface area contributed by atoms with Crippen molar-refractivity contribution in [2.45, 2.75) is 13.0 Å². The SMILES string of the molecule is CN(C)CCCNc1oc(-c2ccc(OCc3ccc(Cl)cc3)cc2)nc1C#N. The minimum atomic E-state index is 0.257. The minimum absolute atomic E-state index is 0.257. The molecule has 0 amide bonds. The number of nitrogens with one attached hydrogen (secondary N) is 1. The molecule has 0 atom stereocenters. The lowest BCUT2D eigenvalue weighted by atomic mass is 10.2. The predicted octanol–water partition coefficient (Wildman–Crippen LogP) is 4.81. The lowest BCUT2D eigenvalue weighted by molar-refractivity contribution is 0.306. The van der Waals surface area contributed by atoms with Gasteiger partial charge < -0.3 is 19.4 Å². The van der Waals surface area contributed by atoms with Crippen LogP contribution in [0.15, 0.2) is 52.9 Å². The standard InChI is InChI=1S/C22H23ClN4O2/c1-27(2)13-3-12-25-22-20(14-24)26-21(29-22)17-6-10-19(11-7-17)28-15-16-4-8-18(23)9-5-16/h4-11,25H,3,12-13,15H2,1-2H3. The van der Waals surface area contributed by atoms with E-state index in [2.05, 4.69) is 21.3 Å². The second kappa shape index (κ2) is 9.97. The molecule has 1 heterocycles. The van der Waals surface area contributed by atoms with E-state index in [0.29, 0.717) is 29.9 Å². The molecule has 7 heteroatoms. The van der Waals surface area contributed by atoms with Crippen LogP contribution in [-0.4, -0.2) is 37.1 Å². The van der Waals surface area contributed by atoms with E-state index in [1.54, 1.807) is 0 Å². The van der Waals surface area contributed by atoms with E-state index in [1.165, 1.54) is 0 Å². The molecular formula is C22H23ClN4O2. The number of aromatic nitrogens is 1. The highest BCUT2D eigenvalue weighted by atomic mass is 35.5. The lowest BCUT2D eigenvalue weighted by Crippen LogP contribution is -2.16. The molecule has 0 saturated carbocycles. The van der Waals surface area contributed by atoms with Crippen LogP contribution in [0, 0.1) is 11.3 Å². The van der Waals surface area contributed by atoms with E-state index < -0.39 is 0 Å². The Bertz CT molecular complexity index is 960. The molecule has 3 rings (SSSR count). The Balaban J connectivity index is 1.61. The zero-order valence-corrected chi connectivity index (χ0v) is 17.2. The van der Waals surface area contributed by atoms with Gasteiger partial charge in [0.25, 0.3) is 0 Å². The van der Waals surface area contributed by atoms with Crippen molar-refractivity contribution < 1.29 is 9.15 Å². The first-order valence-electron chi connectivity index (χ1n) is 9.32. The van der Waals surface area contributed by atoms with Gasteiger partial charge in [-0.3, -0.25) is 0 Å². The maximum absolute atomic E-state index is 9.31. The van der Waals surface area contributed by atoms with Gasteiger partial charge in [0.05, 0.1) is 0 Å². The van der Waals surface area contributed by atoms with Crippen molar-refractivity contribution >= 4 is 17.5 Å². The molecule has 29 heavy (non-hydrogen) atoms. The summed E-state index contributed by atoms with van der Waals surface area (Å²) in [6, 6.07) is 17.0. The van der Waals surface area contributed by atoms with Gasteiger partial charge >= 0.3 is 0 Å². The number of halogens is 1. The topological polar surface area (TPSA) is 74.3 Å². The lowest BCUT2D eigenvalue weighted by Gasteiger charge is -2.09. The van der Waals surface area contributed by atoms with Crippen LogP contribution in [0.2, 0.25) is 5.02 Å². The van der Waals surface area contributed by atoms with Crippen LogP contribution >= 0.6 is 11.6 Å². The first kappa shape index (κ1) is 20.7. The molecule has 0 spiro atoms. The Labute approximate surface area is 175 Å². The van der Waals surface area contributed by atoms with Gasteiger partial charge in [0, 0.05) is 17.1 Å². The smallest absolute Gasteiger partial charge is 0.232 e. The average molecular weight is 411 g/mol. The Morgan fingerprint density at radius 1 is 1.14 bits per heavy atom. The van der Waals surface area contributed by atoms with Crippen molar-refractivity contribution in [1.29, 1.82) is 5.26 Å². The van der Waals surface area contributed by atoms with Gasteiger partial charge in [-0.1, -0.05) is 23.7 Å². The molecule has 0 aliphatic heterocycles. The molecular weight excluding hydrogens is 388 g/mol. The normalized spacial score (nSPS) is 10.7. The van der Waals surface area contributed by atoms with Gasteiger partial charge in [-0.05, 0) is 69.0 Å². The maximum atomic E-state index is 9.31. The predicted molar refractivity (Wildman–Crippen MR) is 114 cm³/mol. The fraction of sp³-hybridized carbons (Fsp3) is 0.273. The number of anilines is 1. The molecule has 3 aromatic rings. The largest absolute Gasteiger partial charge is 0.489 e. The van der Waals surface area contributed by atoms with Crippen LogP contribution in [0.4, 0.5) is 5.88 Å². The monoisotopic (exact) mass is 410 g/mol. The van der Waals surface area contributed by atoms with Crippen molar-refractivity contribution in [1.82, 2.24) is 9.88 Å². The first-order chi connectivity index (χ1) is 14.0. The third kappa shape index (κ3) is 5.98. The Morgan fingerprint density at radius 2 is 1.86 bits per heavy atom. The molecule has 2 aromatic carbocycles. The Hall–Kier alpha value is -3.01. The number of rotatable bonds is 9. The molecule has 1 N–H and O–H groups in total. The van der Waals surface area contributed by atoms with Crippen LogP contribution in [0.25, 0.3) is 11.5 Å². The summed E-state index contributed by atoms with van der Waals surface area (Å²) in [5.41, 5.74) is 2.07. The van der Waals surface area contributed by atoms with Crippen molar-refractivity contribution in [3.63, 3.8) is 0 Å². The third-order valence-electron chi connectivity index (χ3n) is 4.22. The second-order valence-electron chi connectivity index (χ2n) is 6.83. The van der Waals surface area contributed by atoms with E-state index in [1.807, 2.05) is 62.6 Å². The van der Waals surface area contributed by atoms with E-state index in [4.69, 9.17) is 20.8 Å². The zero-order chi connectivity index (χ0) is 20.6. The summed E-state index contributed by atoms with van der Waals surface area (Å²) >= 11 is 5.89. The van der Waals surface area contributed by atoms with E-state index in [0.717, 1.165) is 29.8 Å². The number of nitriles is 1. The van der Waals surface area contributed by atoms with Crippen molar-refractivity contribution in [2.24, 2.45) is 0 Å². The minimum Gasteiger partial charge on any atom is -0.489 e. The summed E-state index contributed by atoms with van der Waals surface area (Å²) in [5.74, 6) is 1.54. The Morgan fingerprint density at radius 3 is 2.52 bits per heavy atom. The summed E-state index contributed by atoms with van der Waals surface area (Å²) < 4.78 is 11.6. The van der Waals surface area contributed by atoms with Crippen molar-refractivity contribution in [2.75, 3.05) is 32.5 Å². The number of nitrogens with zero attached hydrogens (tertiary/aromatic N) is 3. The van der Waals surface area contributed by atoms with Crippen LogP contribution in [0.5, 0.6) is 5.75 Å². The van der Waals surface area contributed by atoms with Gasteiger partial charge in [-0.2, -0.15) is 10.2 Å². The van der Waals surface area contributed by atoms with Crippen molar-refractivity contribution in [3.05, 3.63) is 64.8 Å². The number of oxazole rings is 1. The summed E-state index contributed by atoms with van der Waals surface area (Å²) in [6.07, 6.45) is 0.938. The molecule has 1 aromatic heterocycles. The Kier molecular flexibility index (Phi) is 7.12. The second-order valence-corrected chi connectivity index (χ2v) is 7.27. The van der Waals surface area contributed by atoms with Gasteiger partial charge in [0.1, 0.15) is 18.4 Å². The molecule has 6 nitrogen and oxygen atoms in total. The maximum Gasteiger partial charge on any atom is 0.232 e. The molecule has 0 unspecified atom stereocenters. The highest BCUT2D eigenvalue weighted by Gasteiger charge is 2.14. The fourth-order valence-corrected chi connectivity index (χ4v) is 2.80. The molecule has 150 valence electrons. The molecule has 0 radical (unpaired) electrons. The molecule has 0 bridgehead atoms. The summed E-state index contributed by atoms with van der Waals surface area (Å²) in [4.78, 5) is 6.40. The molecule has 0 aliphatic carbocycles. The highest BCUT2D eigenvalue weighted by molar-refractivity contribution is 6.30. The summed E-state index contributed by atoms with van der Waals surface area (Å²) in [7, 11) is 4.05. The summed E-state index contributed by atoms with van der Waals surface area (Å²) in [5, 5.41) is 13.2. The first-order valence-corrected chi connectivity index (χ1v) is 9.70. The van der Waals surface area contributed by atoms with Gasteiger partial charge in [-0.15, -0.1) is 0 Å². The van der Waals surface area contributed by atoms with Crippen LogP contribution in [-0.2, 0) is 6.61 Å². The zero-order valence-electron chi connectivity index (χ0n) is 16.5. The van der Waals surface area contributed by atoms with Crippen LogP contribution in [0.3, 0.4) is 0 Å². The molecule has 0 aliphatic rings. The van der Waals surface area contributed by atoms with E-state index >= 15 is 0 Å². The molecule has 0 fully saturated rings. The van der Waals surface area contributed by atoms with Gasteiger partial charge in [-0.25, -0.2) is 0 Å². The van der Waals surface area contributed by atoms with Gasteiger partial charge in [0.15, 0.2) is 0 Å².